The van der Waals surface area contributed by atoms with Crippen molar-refractivity contribution in [2.24, 2.45) is 0 Å². The van der Waals surface area contributed by atoms with Gasteiger partial charge in [-0.3, -0.25) is 0 Å². The van der Waals surface area contributed by atoms with Gasteiger partial charge in [-0.15, -0.1) is 0 Å². The Morgan fingerprint density at radius 1 is 1.25 bits per heavy atom. The second kappa shape index (κ2) is 4.16. The van der Waals surface area contributed by atoms with E-state index < -0.39 is 0 Å². The van der Waals surface area contributed by atoms with E-state index in [1.165, 1.54) is 12.1 Å². The Morgan fingerprint density at radius 2 is 1.92 bits per heavy atom. The second-order valence-electron chi connectivity index (χ2n) is 2.14. The molecule has 0 amide bonds. The van der Waals surface area contributed by atoms with Crippen LogP contribution in [0.15, 0.2) is 24.3 Å². The first-order valence-corrected chi connectivity index (χ1v) is 3.44. The topological polar surface area (TPSA) is 23.8 Å². The summed E-state index contributed by atoms with van der Waals surface area (Å²) in [6.07, 6.45) is 0.206. The Kier molecular flexibility index (Phi) is 2.87. The zero-order chi connectivity index (χ0) is 8.81. The van der Waals surface area contributed by atoms with E-state index >= 15 is 0 Å². The number of hydrogen-bond acceptors (Lipinski definition) is 1. The fraction of sp³-hybridized carbons (Fsp3) is 0.100. The Morgan fingerprint density at radius 3 is 2.50 bits per heavy atom. The quantitative estimate of drug-likeness (QED) is 0.532. The van der Waals surface area contributed by atoms with Gasteiger partial charge in [-0.05, 0) is 24.3 Å². The van der Waals surface area contributed by atoms with Crippen molar-refractivity contribution in [3.8, 4) is 17.9 Å². The minimum atomic E-state index is -0.277. The van der Waals surface area contributed by atoms with Gasteiger partial charge in [0.25, 0.3) is 0 Å². The highest BCUT2D eigenvalue weighted by Crippen LogP contribution is 2.00. The van der Waals surface area contributed by atoms with Crippen LogP contribution in [-0.2, 0) is 0 Å². The standard InChI is InChI=1S/C10H6FN/c11-10-6-4-9(5-7-10)3-1-2-8-12/h4-7H,2H2. The van der Waals surface area contributed by atoms with Crippen LogP contribution >= 0.6 is 0 Å². The first kappa shape index (κ1) is 8.30. The summed E-state index contributed by atoms with van der Waals surface area (Å²) in [6.45, 7) is 0. The number of rotatable bonds is 0. The predicted octanol–water partition coefficient (Wildman–Crippen LogP) is 2.09. The maximum absolute atomic E-state index is 12.4. The van der Waals surface area contributed by atoms with Crippen molar-refractivity contribution in [2.75, 3.05) is 0 Å². The zero-order valence-electron chi connectivity index (χ0n) is 6.34. The van der Waals surface area contributed by atoms with E-state index in [2.05, 4.69) is 11.8 Å². The summed E-state index contributed by atoms with van der Waals surface area (Å²) < 4.78 is 12.4. The van der Waals surface area contributed by atoms with Gasteiger partial charge in [0.1, 0.15) is 5.82 Å². The smallest absolute Gasteiger partial charge is 0.123 e. The molecule has 0 spiro atoms. The van der Waals surface area contributed by atoms with Crippen LogP contribution in [0.3, 0.4) is 0 Å². The van der Waals surface area contributed by atoms with Crippen LogP contribution in [0.2, 0.25) is 0 Å². The lowest BCUT2D eigenvalue weighted by Gasteiger charge is -1.87. The van der Waals surface area contributed by atoms with Crippen LogP contribution in [0.1, 0.15) is 12.0 Å². The van der Waals surface area contributed by atoms with Crippen LogP contribution in [0.5, 0.6) is 0 Å². The number of benzene rings is 1. The molecule has 0 aliphatic carbocycles. The number of hydrogen-bond donors (Lipinski definition) is 0. The number of nitriles is 1. The average molecular weight is 159 g/mol. The summed E-state index contributed by atoms with van der Waals surface area (Å²) in [5.41, 5.74) is 0.728. The summed E-state index contributed by atoms with van der Waals surface area (Å²) in [5, 5.41) is 8.18. The van der Waals surface area contributed by atoms with Crippen molar-refractivity contribution < 1.29 is 4.39 Å². The fourth-order valence-electron chi connectivity index (χ4n) is 0.719. The maximum Gasteiger partial charge on any atom is 0.123 e. The SMILES string of the molecule is N#CCC#Cc1ccc(F)cc1. The lowest BCUT2D eigenvalue weighted by Crippen LogP contribution is -1.75. The third-order valence-corrected chi connectivity index (χ3v) is 1.24. The normalized spacial score (nSPS) is 8.00. The minimum absolute atomic E-state index is 0.206. The van der Waals surface area contributed by atoms with E-state index in [9.17, 15) is 4.39 Å². The summed E-state index contributed by atoms with van der Waals surface area (Å²) in [4.78, 5) is 0. The van der Waals surface area contributed by atoms with E-state index in [4.69, 9.17) is 5.26 Å². The molecule has 2 heteroatoms. The van der Waals surface area contributed by atoms with Gasteiger partial charge >= 0.3 is 0 Å². The Balaban J connectivity index is 2.74. The molecular weight excluding hydrogens is 153 g/mol. The van der Waals surface area contributed by atoms with Gasteiger partial charge < -0.3 is 0 Å². The molecule has 0 fully saturated rings. The first-order valence-electron chi connectivity index (χ1n) is 3.44. The van der Waals surface area contributed by atoms with Gasteiger partial charge in [0.15, 0.2) is 0 Å². The summed E-state index contributed by atoms with van der Waals surface area (Å²) in [6, 6.07) is 7.76. The molecule has 0 saturated carbocycles. The van der Waals surface area contributed by atoms with Gasteiger partial charge in [-0.25, -0.2) is 4.39 Å². The van der Waals surface area contributed by atoms with E-state index in [1.54, 1.807) is 12.1 Å². The van der Waals surface area contributed by atoms with Crippen molar-refractivity contribution in [3.63, 3.8) is 0 Å². The molecule has 0 bridgehead atoms. The molecule has 0 aliphatic rings. The summed E-state index contributed by atoms with van der Waals surface area (Å²) in [5.74, 6) is 5.09. The minimum Gasteiger partial charge on any atom is -0.207 e. The van der Waals surface area contributed by atoms with Crippen LogP contribution in [0, 0.1) is 29.0 Å². The van der Waals surface area contributed by atoms with Crippen LogP contribution < -0.4 is 0 Å². The van der Waals surface area contributed by atoms with Crippen LogP contribution in [0.25, 0.3) is 0 Å². The molecule has 1 rings (SSSR count). The lowest BCUT2D eigenvalue weighted by atomic mass is 10.2. The largest absolute Gasteiger partial charge is 0.207 e. The van der Waals surface area contributed by atoms with Gasteiger partial charge in [0.2, 0.25) is 0 Å². The highest BCUT2D eigenvalue weighted by atomic mass is 19.1. The molecule has 1 aromatic rings. The Hall–Kier alpha value is -1.80. The molecule has 0 aromatic heterocycles. The molecule has 0 unspecified atom stereocenters. The highest BCUT2D eigenvalue weighted by Gasteiger charge is 1.87. The molecule has 0 aliphatic heterocycles. The van der Waals surface area contributed by atoms with E-state index in [0.717, 1.165) is 5.56 Å². The number of halogens is 1. The van der Waals surface area contributed by atoms with Crippen molar-refractivity contribution in [3.05, 3.63) is 35.6 Å². The molecule has 0 saturated heterocycles. The molecule has 1 aromatic carbocycles. The molecular formula is C10H6FN. The molecule has 0 radical (unpaired) electrons. The molecule has 0 heterocycles. The van der Waals surface area contributed by atoms with Crippen LogP contribution in [-0.4, -0.2) is 0 Å². The third kappa shape index (κ3) is 2.44. The zero-order valence-corrected chi connectivity index (χ0v) is 6.34. The molecule has 58 valence electrons. The van der Waals surface area contributed by atoms with Gasteiger partial charge in [-0.1, -0.05) is 11.8 Å². The van der Waals surface area contributed by atoms with Gasteiger partial charge in [0.05, 0.1) is 12.5 Å². The molecule has 0 N–H and O–H groups in total. The van der Waals surface area contributed by atoms with Crippen molar-refractivity contribution in [1.29, 1.82) is 5.26 Å². The number of nitrogens with zero attached hydrogens (tertiary/aromatic N) is 1. The average Bonchev–Trinajstić information content (AvgIpc) is 2.09. The van der Waals surface area contributed by atoms with Gasteiger partial charge in [0, 0.05) is 5.56 Å². The lowest BCUT2D eigenvalue weighted by molar-refractivity contribution is 0.627. The van der Waals surface area contributed by atoms with Crippen molar-refractivity contribution >= 4 is 0 Å². The molecule has 0 atom stereocenters. The Labute approximate surface area is 70.4 Å². The van der Waals surface area contributed by atoms with Crippen molar-refractivity contribution in [1.82, 2.24) is 0 Å². The molecule has 12 heavy (non-hydrogen) atoms. The second-order valence-corrected chi connectivity index (χ2v) is 2.14. The fourth-order valence-corrected chi connectivity index (χ4v) is 0.719. The van der Waals surface area contributed by atoms with Gasteiger partial charge in [-0.2, -0.15) is 5.26 Å². The van der Waals surface area contributed by atoms with E-state index in [-0.39, 0.29) is 12.2 Å². The highest BCUT2D eigenvalue weighted by molar-refractivity contribution is 5.34. The summed E-state index contributed by atoms with van der Waals surface area (Å²) in [7, 11) is 0. The third-order valence-electron chi connectivity index (χ3n) is 1.24. The predicted molar refractivity (Wildman–Crippen MR) is 43.5 cm³/mol. The maximum atomic E-state index is 12.4. The summed E-state index contributed by atoms with van der Waals surface area (Å²) >= 11 is 0. The van der Waals surface area contributed by atoms with E-state index in [0.29, 0.717) is 0 Å². The van der Waals surface area contributed by atoms with Crippen LogP contribution in [0.4, 0.5) is 4.39 Å². The van der Waals surface area contributed by atoms with Crippen molar-refractivity contribution in [2.45, 2.75) is 6.42 Å². The Bertz CT molecular complexity index is 348. The monoisotopic (exact) mass is 159 g/mol. The van der Waals surface area contributed by atoms with E-state index in [1.807, 2.05) is 6.07 Å². The first-order chi connectivity index (χ1) is 5.83. The molecule has 1 nitrogen and oxygen atoms in total.